The van der Waals surface area contributed by atoms with E-state index >= 15 is 0 Å². The van der Waals surface area contributed by atoms with Gasteiger partial charge in [0.05, 0.1) is 29.6 Å². The molecule has 1 saturated heterocycles. The fraction of sp³-hybridized carbons (Fsp3) is 0.273. The van der Waals surface area contributed by atoms with E-state index in [-0.39, 0.29) is 30.7 Å². The Kier molecular flexibility index (Phi) is 8.87. The molecule has 5 rings (SSSR count). The number of nitrogens with one attached hydrogen (secondary N) is 2. The quantitative estimate of drug-likeness (QED) is 0.213. The lowest BCUT2D eigenvalue weighted by Gasteiger charge is -2.32. The molecule has 0 atom stereocenters. The fourth-order valence-corrected chi connectivity index (χ4v) is 5.18. The number of rotatable bonds is 8. The Bertz CT molecular complexity index is 1670. The van der Waals surface area contributed by atoms with Crippen molar-refractivity contribution in [2.45, 2.75) is 13.3 Å². The van der Waals surface area contributed by atoms with Crippen LogP contribution in [0, 0.1) is 6.92 Å². The van der Waals surface area contributed by atoms with Gasteiger partial charge in [0.1, 0.15) is 0 Å². The number of likely N-dealkylation sites (N-methyl/N-ethyl adjacent to an activating group) is 1. The molecule has 10 nitrogen and oxygen atoms in total. The fourth-order valence-electron chi connectivity index (χ4n) is 5.18. The minimum absolute atomic E-state index is 0.0452. The van der Waals surface area contributed by atoms with Crippen LogP contribution in [0.2, 0.25) is 0 Å². The van der Waals surface area contributed by atoms with Crippen LogP contribution in [-0.4, -0.2) is 90.3 Å². The van der Waals surface area contributed by atoms with Gasteiger partial charge in [-0.15, -0.1) is 0 Å². The maximum Gasteiger partial charge on any atom is 0.338 e. The molecule has 0 unspecified atom stereocenters. The van der Waals surface area contributed by atoms with Gasteiger partial charge in [0.15, 0.2) is 5.88 Å². The highest BCUT2D eigenvalue weighted by atomic mass is 16.5. The number of amides is 2. The van der Waals surface area contributed by atoms with Crippen LogP contribution in [0.25, 0.3) is 10.9 Å². The first-order chi connectivity index (χ1) is 20.7. The van der Waals surface area contributed by atoms with Gasteiger partial charge < -0.3 is 29.9 Å². The number of ether oxygens (including phenoxy) is 1. The number of methoxy groups -OCH3 is 1. The van der Waals surface area contributed by atoms with Gasteiger partial charge in [-0.05, 0) is 55.9 Å². The number of carbonyl (C=O) groups excluding carboxylic acids is 3. The Morgan fingerprint density at radius 3 is 2.35 bits per heavy atom. The molecule has 4 aromatic rings. The van der Waals surface area contributed by atoms with E-state index < -0.39 is 5.97 Å². The Labute approximate surface area is 250 Å². The first-order valence-corrected chi connectivity index (χ1v) is 14.2. The summed E-state index contributed by atoms with van der Waals surface area (Å²) >= 11 is 0. The predicted molar refractivity (Wildman–Crippen MR) is 165 cm³/mol. The number of aromatic hydroxyl groups is 1. The standard InChI is InChI=1S/C33H35N5O5/c1-21-19-26-27(20-25(21)33(42)43-3)36-32(41)29(26)30(22-7-5-4-6-8-22)35-24-11-9-23(10-12-24)31(40)34-14-13-28(39)38-17-15-37(2)16-18-38/h4-12,19-20,36,41H,13-18H2,1-3H3,(H,34,40). The van der Waals surface area contributed by atoms with Gasteiger partial charge in [-0.1, -0.05) is 30.3 Å². The van der Waals surface area contributed by atoms with E-state index in [0.29, 0.717) is 57.6 Å². The van der Waals surface area contributed by atoms with Gasteiger partial charge in [0.2, 0.25) is 5.91 Å². The number of piperazine rings is 1. The van der Waals surface area contributed by atoms with Crippen molar-refractivity contribution >= 4 is 40.1 Å². The van der Waals surface area contributed by atoms with Crippen LogP contribution in [-0.2, 0) is 9.53 Å². The largest absolute Gasteiger partial charge is 0.494 e. The van der Waals surface area contributed by atoms with Crippen LogP contribution in [0.15, 0.2) is 71.7 Å². The molecular weight excluding hydrogens is 546 g/mol. The Hall–Kier alpha value is -4.96. The summed E-state index contributed by atoms with van der Waals surface area (Å²) in [5.74, 6) is -0.765. The lowest BCUT2D eigenvalue weighted by molar-refractivity contribution is -0.132. The molecule has 0 bridgehead atoms. The maximum absolute atomic E-state index is 12.8. The van der Waals surface area contributed by atoms with Gasteiger partial charge in [0.25, 0.3) is 5.91 Å². The number of esters is 1. The number of H-pyrrole nitrogens is 1. The summed E-state index contributed by atoms with van der Waals surface area (Å²) in [4.78, 5) is 49.4. The third-order valence-corrected chi connectivity index (χ3v) is 7.66. The third-order valence-electron chi connectivity index (χ3n) is 7.66. The van der Waals surface area contributed by atoms with Crippen LogP contribution in [0.4, 0.5) is 5.69 Å². The highest BCUT2D eigenvalue weighted by Gasteiger charge is 2.22. The number of carbonyl (C=O) groups is 3. The van der Waals surface area contributed by atoms with E-state index in [0.717, 1.165) is 18.7 Å². The maximum atomic E-state index is 12.8. The molecule has 0 saturated carbocycles. The average Bonchev–Trinajstić information content (AvgIpc) is 3.34. The lowest BCUT2D eigenvalue weighted by Crippen LogP contribution is -2.47. The zero-order valence-electron chi connectivity index (χ0n) is 24.5. The van der Waals surface area contributed by atoms with Gasteiger partial charge in [-0.2, -0.15) is 0 Å². The van der Waals surface area contributed by atoms with Crippen LogP contribution in [0.1, 0.15) is 43.8 Å². The highest BCUT2D eigenvalue weighted by molar-refractivity contribution is 6.22. The van der Waals surface area contributed by atoms with Gasteiger partial charge in [-0.3, -0.25) is 9.59 Å². The van der Waals surface area contributed by atoms with Crippen LogP contribution in [0.3, 0.4) is 0 Å². The molecule has 222 valence electrons. The number of aromatic amines is 1. The number of hydrogen-bond acceptors (Lipinski definition) is 7. The Morgan fingerprint density at radius 1 is 0.977 bits per heavy atom. The lowest BCUT2D eigenvalue weighted by atomic mass is 9.98. The van der Waals surface area contributed by atoms with Crippen LogP contribution < -0.4 is 5.32 Å². The van der Waals surface area contributed by atoms with Crippen LogP contribution in [0.5, 0.6) is 5.88 Å². The number of aromatic nitrogens is 1. The second-order valence-corrected chi connectivity index (χ2v) is 10.6. The summed E-state index contributed by atoms with van der Waals surface area (Å²) in [5, 5.41) is 14.6. The number of benzene rings is 3. The molecule has 0 spiro atoms. The second kappa shape index (κ2) is 12.9. The number of hydrogen-bond donors (Lipinski definition) is 3. The van der Waals surface area contributed by atoms with E-state index in [1.807, 2.05) is 55.3 Å². The van der Waals surface area contributed by atoms with Crippen molar-refractivity contribution in [1.82, 2.24) is 20.1 Å². The SMILES string of the molecule is COC(=O)c1cc2[nH]c(O)c(C(=Nc3ccc(C(=O)NCCC(=O)N4CCN(C)CC4)cc3)c3ccccc3)c2cc1C. The van der Waals surface area contributed by atoms with E-state index in [2.05, 4.69) is 15.2 Å². The monoisotopic (exact) mass is 581 g/mol. The molecule has 0 aliphatic carbocycles. The van der Waals surface area contributed by atoms with Crippen molar-refractivity contribution in [3.8, 4) is 5.88 Å². The number of fused-ring (bicyclic) bond motifs is 1. The number of aryl methyl sites for hydroxylation is 1. The highest BCUT2D eigenvalue weighted by Crippen LogP contribution is 2.33. The van der Waals surface area contributed by atoms with Crippen molar-refractivity contribution in [2.75, 3.05) is 46.9 Å². The van der Waals surface area contributed by atoms with Crippen molar-refractivity contribution < 1.29 is 24.2 Å². The molecule has 3 aromatic carbocycles. The number of aliphatic imine (C=N–C) groups is 1. The van der Waals surface area contributed by atoms with E-state index in [1.165, 1.54) is 7.11 Å². The first-order valence-electron chi connectivity index (χ1n) is 14.2. The first kappa shape index (κ1) is 29.5. The minimum atomic E-state index is -0.460. The summed E-state index contributed by atoms with van der Waals surface area (Å²) in [6.07, 6.45) is 0.257. The smallest absolute Gasteiger partial charge is 0.338 e. The minimum Gasteiger partial charge on any atom is -0.494 e. The molecule has 2 amide bonds. The van der Waals surface area contributed by atoms with Gasteiger partial charge in [-0.25, -0.2) is 9.79 Å². The van der Waals surface area contributed by atoms with Crippen molar-refractivity contribution in [3.05, 3.63) is 94.5 Å². The molecule has 1 aromatic heterocycles. The van der Waals surface area contributed by atoms with E-state index in [9.17, 15) is 19.5 Å². The van der Waals surface area contributed by atoms with Crippen molar-refractivity contribution in [3.63, 3.8) is 0 Å². The molecule has 2 heterocycles. The summed E-state index contributed by atoms with van der Waals surface area (Å²) in [6, 6.07) is 19.8. The normalized spacial score (nSPS) is 14.1. The summed E-state index contributed by atoms with van der Waals surface area (Å²) in [6.45, 7) is 5.20. The zero-order chi connectivity index (χ0) is 30.5. The van der Waals surface area contributed by atoms with Crippen molar-refractivity contribution in [1.29, 1.82) is 0 Å². The second-order valence-electron chi connectivity index (χ2n) is 10.6. The Morgan fingerprint density at radius 2 is 1.67 bits per heavy atom. The topological polar surface area (TPSA) is 127 Å². The molecule has 3 N–H and O–H groups in total. The summed E-state index contributed by atoms with van der Waals surface area (Å²) < 4.78 is 4.90. The van der Waals surface area contributed by atoms with Gasteiger partial charge >= 0.3 is 5.97 Å². The molecule has 1 aliphatic rings. The number of nitrogens with zero attached hydrogens (tertiary/aromatic N) is 3. The molecule has 1 aliphatic heterocycles. The van der Waals surface area contributed by atoms with Crippen LogP contribution >= 0.6 is 0 Å². The van der Waals surface area contributed by atoms with Crippen molar-refractivity contribution in [2.24, 2.45) is 4.99 Å². The summed E-state index contributed by atoms with van der Waals surface area (Å²) in [7, 11) is 3.37. The molecule has 43 heavy (non-hydrogen) atoms. The summed E-state index contributed by atoms with van der Waals surface area (Å²) in [5.41, 5.74) is 4.50. The van der Waals surface area contributed by atoms with E-state index in [4.69, 9.17) is 9.73 Å². The molecule has 1 fully saturated rings. The zero-order valence-corrected chi connectivity index (χ0v) is 24.5. The van der Waals surface area contributed by atoms with Gasteiger partial charge in [0, 0.05) is 61.2 Å². The Balaban J connectivity index is 1.37. The third kappa shape index (κ3) is 6.60. The molecule has 0 radical (unpaired) electrons. The molecular formula is C33H35N5O5. The predicted octanol–water partition coefficient (Wildman–Crippen LogP) is 4.03. The average molecular weight is 582 g/mol. The van der Waals surface area contributed by atoms with E-state index in [1.54, 1.807) is 30.3 Å². The molecule has 10 heteroatoms.